The van der Waals surface area contributed by atoms with E-state index in [1.807, 2.05) is 0 Å². The van der Waals surface area contributed by atoms with Gasteiger partial charge in [0.25, 0.3) is 0 Å². The van der Waals surface area contributed by atoms with Gasteiger partial charge < -0.3 is 9.84 Å². The van der Waals surface area contributed by atoms with Crippen LogP contribution in [-0.4, -0.2) is 39.8 Å². The quantitative estimate of drug-likeness (QED) is 0.883. The van der Waals surface area contributed by atoms with Crippen molar-refractivity contribution in [2.45, 2.75) is 64.7 Å². The fraction of sp³-hybridized carbons (Fsp3) is 0.579. The van der Waals surface area contributed by atoms with E-state index < -0.39 is 47.3 Å². The maximum absolute atomic E-state index is 13.3. The van der Waals surface area contributed by atoms with Gasteiger partial charge in [-0.05, 0) is 57.2 Å². The van der Waals surface area contributed by atoms with Gasteiger partial charge in [-0.25, -0.2) is 18.5 Å². The van der Waals surface area contributed by atoms with Crippen molar-refractivity contribution in [2.75, 3.05) is 0 Å². The maximum Gasteiger partial charge on any atom is 0.417 e. The van der Waals surface area contributed by atoms with Crippen molar-refractivity contribution in [1.29, 1.82) is 0 Å². The smallest absolute Gasteiger partial charge is 0.417 e. The van der Waals surface area contributed by atoms with E-state index in [-0.39, 0.29) is 12.8 Å². The molecule has 0 spiro atoms. The first kappa shape index (κ1) is 20.3. The molecule has 1 aliphatic heterocycles. The van der Waals surface area contributed by atoms with Crippen LogP contribution in [0.5, 0.6) is 0 Å². The molecule has 1 aromatic carbocycles. The normalized spacial score (nSPS) is 20.2. The molecule has 1 aliphatic rings. The summed E-state index contributed by atoms with van der Waals surface area (Å²) in [5, 5.41) is 10.7. The Hall–Kier alpha value is -2.02. The van der Waals surface area contributed by atoms with Gasteiger partial charge in [-0.1, -0.05) is 6.92 Å². The van der Waals surface area contributed by atoms with Gasteiger partial charge in [-0.15, -0.1) is 0 Å². The van der Waals surface area contributed by atoms with Crippen LogP contribution in [0, 0.1) is 17.6 Å². The molecular formula is C19H25F2NO4. The molecule has 0 saturated carbocycles. The minimum atomic E-state index is -1.03. The number of likely N-dealkylation sites (tertiary alicyclic amines) is 1. The summed E-state index contributed by atoms with van der Waals surface area (Å²) in [4.78, 5) is 25.4. The molecule has 26 heavy (non-hydrogen) atoms. The summed E-state index contributed by atoms with van der Waals surface area (Å²) in [5.41, 5.74) is -0.359. The first-order valence-corrected chi connectivity index (χ1v) is 8.66. The Kier molecular flexibility index (Phi) is 6.01. The first-order valence-electron chi connectivity index (χ1n) is 8.66. The monoisotopic (exact) mass is 369 g/mol. The van der Waals surface area contributed by atoms with Crippen molar-refractivity contribution in [3.8, 4) is 0 Å². The second kappa shape index (κ2) is 7.70. The van der Waals surface area contributed by atoms with E-state index in [0.717, 1.165) is 11.0 Å². The van der Waals surface area contributed by atoms with Crippen molar-refractivity contribution in [3.63, 3.8) is 0 Å². The van der Waals surface area contributed by atoms with Gasteiger partial charge in [0, 0.05) is 12.5 Å². The molecule has 144 valence electrons. The lowest BCUT2D eigenvalue weighted by atomic mass is 9.90. The summed E-state index contributed by atoms with van der Waals surface area (Å²) >= 11 is 0. The number of amides is 2. The van der Waals surface area contributed by atoms with Crippen LogP contribution in [0.15, 0.2) is 18.2 Å². The van der Waals surface area contributed by atoms with Gasteiger partial charge in [0.05, 0.1) is 12.1 Å². The molecule has 1 saturated heterocycles. The van der Waals surface area contributed by atoms with Crippen LogP contribution in [0.25, 0.3) is 0 Å². The van der Waals surface area contributed by atoms with E-state index in [4.69, 9.17) is 4.74 Å². The number of ether oxygens (including phenoxy) is 1. The van der Waals surface area contributed by atoms with E-state index in [2.05, 4.69) is 0 Å². The molecule has 1 aromatic rings. The predicted octanol–water partition coefficient (Wildman–Crippen LogP) is 3.43. The minimum absolute atomic E-state index is 0.141. The Bertz CT molecular complexity index is 666. The number of carbonyl (C=O) groups excluding carboxylic acids is 2. The van der Waals surface area contributed by atoms with Gasteiger partial charge in [0.15, 0.2) is 0 Å². The Morgan fingerprint density at radius 1 is 1.31 bits per heavy atom. The number of aliphatic hydroxyl groups is 1. The number of carbonyl (C=O) groups is 2. The predicted molar refractivity (Wildman–Crippen MR) is 91.3 cm³/mol. The molecule has 0 unspecified atom stereocenters. The first-order chi connectivity index (χ1) is 12.0. The zero-order valence-corrected chi connectivity index (χ0v) is 15.5. The summed E-state index contributed by atoms with van der Waals surface area (Å²) < 4.78 is 31.9. The molecular weight excluding hydrogens is 344 g/mol. The number of hydrogen-bond acceptors (Lipinski definition) is 4. The molecule has 0 bridgehead atoms. The number of imide groups is 1. The molecule has 0 aromatic heterocycles. The van der Waals surface area contributed by atoms with E-state index in [9.17, 15) is 23.5 Å². The van der Waals surface area contributed by atoms with Crippen LogP contribution in [0.3, 0.4) is 0 Å². The summed E-state index contributed by atoms with van der Waals surface area (Å²) in [6.45, 7) is 6.79. The van der Waals surface area contributed by atoms with Crippen molar-refractivity contribution in [1.82, 2.24) is 4.90 Å². The molecule has 2 rings (SSSR count). The summed E-state index contributed by atoms with van der Waals surface area (Å²) in [5.74, 6) is -2.19. The lowest BCUT2D eigenvalue weighted by Crippen LogP contribution is -2.49. The van der Waals surface area contributed by atoms with Crippen LogP contribution in [0.1, 0.15) is 46.1 Å². The zero-order chi connectivity index (χ0) is 19.6. The summed E-state index contributed by atoms with van der Waals surface area (Å²) in [7, 11) is 0. The average Bonchev–Trinajstić information content (AvgIpc) is 2.85. The van der Waals surface area contributed by atoms with Crippen LogP contribution in [-0.2, 0) is 16.0 Å². The lowest BCUT2D eigenvalue weighted by Gasteiger charge is -2.32. The van der Waals surface area contributed by atoms with E-state index >= 15 is 0 Å². The fourth-order valence-corrected chi connectivity index (χ4v) is 3.18. The molecule has 1 N–H and O–H groups in total. The number of nitrogens with zero attached hydrogens (tertiary/aromatic N) is 1. The molecule has 0 radical (unpaired) electrons. The van der Waals surface area contributed by atoms with Gasteiger partial charge in [0.2, 0.25) is 5.91 Å². The van der Waals surface area contributed by atoms with Crippen LogP contribution in [0.2, 0.25) is 0 Å². The largest absolute Gasteiger partial charge is 0.443 e. The average molecular weight is 369 g/mol. The van der Waals surface area contributed by atoms with E-state index in [1.54, 1.807) is 27.7 Å². The third-order valence-electron chi connectivity index (χ3n) is 4.30. The minimum Gasteiger partial charge on any atom is -0.443 e. The number of hydrogen-bond donors (Lipinski definition) is 1. The second-order valence-corrected chi connectivity index (χ2v) is 7.80. The lowest BCUT2D eigenvalue weighted by molar-refractivity contribution is -0.129. The molecule has 3 atom stereocenters. The van der Waals surface area contributed by atoms with Gasteiger partial charge in [-0.3, -0.25) is 4.79 Å². The second-order valence-electron chi connectivity index (χ2n) is 7.80. The van der Waals surface area contributed by atoms with Crippen molar-refractivity contribution in [2.24, 2.45) is 5.92 Å². The Morgan fingerprint density at radius 3 is 2.42 bits per heavy atom. The summed E-state index contributed by atoms with van der Waals surface area (Å²) in [6.07, 6.45) is -1.14. The number of halogens is 2. The molecule has 5 nitrogen and oxygen atoms in total. The Balaban J connectivity index is 2.11. The number of rotatable bonds is 4. The van der Waals surface area contributed by atoms with Gasteiger partial charge >= 0.3 is 6.09 Å². The van der Waals surface area contributed by atoms with E-state index in [1.165, 1.54) is 12.1 Å². The summed E-state index contributed by atoms with van der Waals surface area (Å²) in [6, 6.07) is 2.48. The Labute approximate surface area is 151 Å². The van der Waals surface area contributed by atoms with Crippen LogP contribution >= 0.6 is 0 Å². The standard InChI is InChI=1S/C19H25F2NO4/c1-11(7-12-8-13(20)10-14(21)9-12)17(24)15-5-6-16(23)22(15)18(25)26-19(2,3)4/h8-11,15,17,24H,5-7H2,1-4H3/t11-,15+,17-/m0/s1. The van der Waals surface area contributed by atoms with Gasteiger partial charge in [-0.2, -0.15) is 0 Å². The fourth-order valence-electron chi connectivity index (χ4n) is 3.18. The SMILES string of the molecule is C[C@@H](Cc1cc(F)cc(F)c1)[C@H](O)[C@H]1CCC(=O)N1C(=O)OC(C)(C)C. The molecule has 7 heteroatoms. The van der Waals surface area contributed by atoms with Crippen molar-refractivity contribution < 1.29 is 28.2 Å². The molecule has 1 heterocycles. The maximum atomic E-state index is 13.3. The zero-order valence-electron chi connectivity index (χ0n) is 15.5. The van der Waals surface area contributed by atoms with Crippen molar-refractivity contribution >= 4 is 12.0 Å². The third kappa shape index (κ3) is 5.00. The van der Waals surface area contributed by atoms with Crippen molar-refractivity contribution in [3.05, 3.63) is 35.4 Å². The number of benzene rings is 1. The molecule has 1 fully saturated rings. The number of aliphatic hydroxyl groups excluding tert-OH is 1. The highest BCUT2D eigenvalue weighted by molar-refractivity contribution is 5.94. The Morgan fingerprint density at radius 2 is 1.88 bits per heavy atom. The highest BCUT2D eigenvalue weighted by Gasteiger charge is 2.43. The molecule has 0 aliphatic carbocycles. The topological polar surface area (TPSA) is 66.8 Å². The van der Waals surface area contributed by atoms with Gasteiger partial charge in [0.1, 0.15) is 17.2 Å². The molecule has 2 amide bonds. The third-order valence-corrected chi connectivity index (χ3v) is 4.30. The highest BCUT2D eigenvalue weighted by atomic mass is 19.1. The van der Waals surface area contributed by atoms with Crippen LogP contribution < -0.4 is 0 Å². The van der Waals surface area contributed by atoms with Crippen LogP contribution in [0.4, 0.5) is 13.6 Å². The highest BCUT2D eigenvalue weighted by Crippen LogP contribution is 2.28. The van der Waals surface area contributed by atoms with E-state index in [0.29, 0.717) is 12.0 Å².